The van der Waals surface area contributed by atoms with Crippen LogP contribution in [-0.2, 0) is 9.59 Å². The predicted octanol–water partition coefficient (Wildman–Crippen LogP) is 4.91. The molecule has 1 fully saturated rings. The summed E-state index contributed by atoms with van der Waals surface area (Å²) in [6.45, 7) is 3.30. The molecular formula is C24H20FN3O3S. The zero-order valence-electron chi connectivity index (χ0n) is 17.5. The van der Waals surface area contributed by atoms with Gasteiger partial charge in [-0.05, 0) is 67.6 Å². The standard InChI is InChI=1S/C24H20FN3O3S/c1-15-12-17(16(2)28(15)20-11-7-6-10-19(20)25)13-21-23(30)27(24(31)32-21)14-22(29)26-18-8-4-3-5-9-18/h3-13H,14H2,1-2H3,(H,26,29)/b21-13-. The van der Waals surface area contributed by atoms with Crippen LogP contribution in [0.4, 0.5) is 14.9 Å². The first kappa shape index (κ1) is 21.6. The Bertz CT molecular complexity index is 1250. The second kappa shape index (κ2) is 8.84. The number of amides is 3. The minimum absolute atomic E-state index is 0.219. The van der Waals surface area contributed by atoms with E-state index in [0.29, 0.717) is 16.9 Å². The van der Waals surface area contributed by atoms with E-state index in [2.05, 4.69) is 5.32 Å². The average molecular weight is 450 g/mol. The van der Waals surface area contributed by atoms with E-state index in [1.165, 1.54) is 6.07 Å². The third kappa shape index (κ3) is 4.22. The average Bonchev–Trinajstić information content (AvgIpc) is 3.19. The number of hydrogen-bond donors (Lipinski definition) is 1. The molecule has 1 saturated heterocycles. The molecule has 32 heavy (non-hydrogen) atoms. The van der Waals surface area contributed by atoms with Crippen LogP contribution >= 0.6 is 11.8 Å². The number of nitrogens with one attached hydrogen (secondary N) is 1. The zero-order valence-corrected chi connectivity index (χ0v) is 18.3. The Morgan fingerprint density at radius 3 is 2.47 bits per heavy atom. The normalized spacial score (nSPS) is 15.0. The first-order valence-electron chi connectivity index (χ1n) is 9.89. The van der Waals surface area contributed by atoms with Crippen molar-refractivity contribution in [1.82, 2.24) is 9.47 Å². The van der Waals surface area contributed by atoms with E-state index in [1.807, 2.05) is 26.0 Å². The molecule has 8 heteroatoms. The van der Waals surface area contributed by atoms with Gasteiger partial charge in [-0.2, -0.15) is 0 Å². The molecule has 6 nitrogen and oxygen atoms in total. The first-order valence-corrected chi connectivity index (χ1v) is 10.7. The van der Waals surface area contributed by atoms with Crippen LogP contribution in [0, 0.1) is 19.7 Å². The Balaban J connectivity index is 1.55. The fourth-order valence-corrected chi connectivity index (χ4v) is 4.41. The third-order valence-electron chi connectivity index (χ3n) is 5.08. The number of thioether (sulfide) groups is 1. The fraction of sp³-hybridized carbons (Fsp3) is 0.125. The van der Waals surface area contributed by atoms with Crippen molar-refractivity contribution in [2.75, 3.05) is 11.9 Å². The zero-order chi connectivity index (χ0) is 22.8. The summed E-state index contributed by atoms with van der Waals surface area (Å²) in [7, 11) is 0. The van der Waals surface area contributed by atoms with Gasteiger partial charge in [-0.15, -0.1) is 0 Å². The van der Waals surface area contributed by atoms with Gasteiger partial charge < -0.3 is 9.88 Å². The van der Waals surface area contributed by atoms with Crippen molar-refractivity contribution < 1.29 is 18.8 Å². The van der Waals surface area contributed by atoms with Crippen molar-refractivity contribution in [2.24, 2.45) is 0 Å². The van der Waals surface area contributed by atoms with Crippen LogP contribution in [0.2, 0.25) is 0 Å². The molecule has 2 aromatic carbocycles. The van der Waals surface area contributed by atoms with Gasteiger partial charge in [-0.1, -0.05) is 30.3 Å². The number of aryl methyl sites for hydroxylation is 1. The van der Waals surface area contributed by atoms with Crippen molar-refractivity contribution in [1.29, 1.82) is 0 Å². The number of anilines is 1. The van der Waals surface area contributed by atoms with Crippen LogP contribution in [0.1, 0.15) is 17.0 Å². The Morgan fingerprint density at radius 1 is 1.06 bits per heavy atom. The molecule has 162 valence electrons. The number of benzene rings is 2. The van der Waals surface area contributed by atoms with E-state index < -0.39 is 17.1 Å². The second-order valence-electron chi connectivity index (χ2n) is 7.30. The van der Waals surface area contributed by atoms with Crippen LogP contribution in [0.3, 0.4) is 0 Å². The molecule has 1 N–H and O–H groups in total. The van der Waals surface area contributed by atoms with Crippen molar-refractivity contribution in [2.45, 2.75) is 13.8 Å². The van der Waals surface area contributed by atoms with Gasteiger partial charge >= 0.3 is 0 Å². The largest absolute Gasteiger partial charge is 0.325 e. The highest BCUT2D eigenvalue weighted by Gasteiger charge is 2.36. The molecule has 1 aliphatic heterocycles. The topological polar surface area (TPSA) is 71.4 Å². The summed E-state index contributed by atoms with van der Waals surface area (Å²) in [5.74, 6) is -1.35. The van der Waals surface area contributed by atoms with E-state index in [9.17, 15) is 18.8 Å². The van der Waals surface area contributed by atoms with Gasteiger partial charge in [0.25, 0.3) is 11.1 Å². The molecule has 1 aliphatic rings. The van der Waals surface area contributed by atoms with Crippen molar-refractivity contribution >= 4 is 40.6 Å². The lowest BCUT2D eigenvalue weighted by Gasteiger charge is -2.12. The van der Waals surface area contributed by atoms with E-state index in [0.717, 1.165) is 28.0 Å². The van der Waals surface area contributed by atoms with E-state index in [1.54, 1.807) is 53.1 Å². The second-order valence-corrected chi connectivity index (χ2v) is 8.29. The van der Waals surface area contributed by atoms with Gasteiger partial charge in [-0.25, -0.2) is 4.39 Å². The van der Waals surface area contributed by atoms with Gasteiger partial charge in [-0.3, -0.25) is 19.3 Å². The molecule has 4 rings (SSSR count). The smallest absolute Gasteiger partial charge is 0.294 e. The Morgan fingerprint density at radius 2 is 1.75 bits per heavy atom. The summed E-state index contributed by atoms with van der Waals surface area (Å²) in [5, 5.41) is 2.16. The number of imide groups is 1. The maximum absolute atomic E-state index is 14.3. The predicted molar refractivity (Wildman–Crippen MR) is 123 cm³/mol. The highest BCUT2D eigenvalue weighted by molar-refractivity contribution is 8.18. The van der Waals surface area contributed by atoms with Crippen molar-refractivity contribution in [3.05, 3.63) is 88.3 Å². The van der Waals surface area contributed by atoms with Crippen LogP contribution in [-0.4, -0.2) is 33.1 Å². The molecule has 0 bridgehead atoms. The van der Waals surface area contributed by atoms with E-state index in [-0.39, 0.29) is 17.3 Å². The van der Waals surface area contributed by atoms with Crippen molar-refractivity contribution in [3.8, 4) is 5.69 Å². The summed E-state index contributed by atoms with van der Waals surface area (Å²) in [5.41, 5.74) is 3.22. The molecule has 0 unspecified atom stereocenters. The monoisotopic (exact) mass is 449 g/mol. The third-order valence-corrected chi connectivity index (χ3v) is 5.99. The van der Waals surface area contributed by atoms with Gasteiger partial charge in [0, 0.05) is 17.1 Å². The lowest BCUT2D eigenvalue weighted by Crippen LogP contribution is -2.36. The molecule has 1 aromatic heterocycles. The van der Waals surface area contributed by atoms with Crippen LogP contribution in [0.5, 0.6) is 0 Å². The van der Waals surface area contributed by atoms with Crippen LogP contribution < -0.4 is 5.32 Å². The number of nitrogens with zero attached hydrogens (tertiary/aromatic N) is 2. The fourth-order valence-electron chi connectivity index (χ4n) is 3.58. The summed E-state index contributed by atoms with van der Waals surface area (Å²) >= 11 is 0.783. The maximum atomic E-state index is 14.3. The molecule has 2 heterocycles. The number of hydrogen-bond acceptors (Lipinski definition) is 4. The SMILES string of the molecule is Cc1cc(/C=C2\SC(=O)N(CC(=O)Nc3ccccc3)C2=O)c(C)n1-c1ccccc1F. The summed E-state index contributed by atoms with van der Waals surface area (Å²) < 4.78 is 16.1. The number of rotatable bonds is 5. The first-order chi connectivity index (χ1) is 15.3. The molecule has 0 saturated carbocycles. The Kier molecular flexibility index (Phi) is 5.96. The summed E-state index contributed by atoms with van der Waals surface area (Å²) in [6.07, 6.45) is 1.61. The van der Waals surface area contributed by atoms with Gasteiger partial charge in [0.2, 0.25) is 5.91 Å². The van der Waals surface area contributed by atoms with E-state index >= 15 is 0 Å². The Hall–Kier alpha value is -3.65. The van der Waals surface area contributed by atoms with Crippen LogP contribution in [0.25, 0.3) is 11.8 Å². The summed E-state index contributed by atoms with van der Waals surface area (Å²) in [4.78, 5) is 38.6. The minimum atomic E-state index is -0.529. The number of carbonyl (C=O) groups excluding carboxylic acids is 3. The molecule has 3 amide bonds. The quantitative estimate of drug-likeness (QED) is 0.562. The molecule has 0 atom stereocenters. The van der Waals surface area contributed by atoms with Crippen molar-refractivity contribution in [3.63, 3.8) is 0 Å². The molecular weight excluding hydrogens is 429 g/mol. The molecule has 0 aliphatic carbocycles. The molecule has 0 radical (unpaired) electrons. The number of carbonyl (C=O) groups is 3. The molecule has 0 spiro atoms. The highest BCUT2D eigenvalue weighted by Crippen LogP contribution is 2.34. The molecule has 3 aromatic rings. The van der Waals surface area contributed by atoms with Gasteiger partial charge in [0.1, 0.15) is 12.4 Å². The number of aromatic nitrogens is 1. The number of para-hydroxylation sites is 2. The number of halogens is 1. The van der Waals surface area contributed by atoms with Crippen LogP contribution in [0.15, 0.2) is 65.6 Å². The lowest BCUT2D eigenvalue weighted by molar-refractivity contribution is -0.127. The Labute approximate surface area is 188 Å². The van der Waals surface area contributed by atoms with Gasteiger partial charge in [0.15, 0.2) is 0 Å². The lowest BCUT2D eigenvalue weighted by atomic mass is 10.2. The summed E-state index contributed by atoms with van der Waals surface area (Å²) in [6, 6.07) is 17.1. The van der Waals surface area contributed by atoms with Gasteiger partial charge in [0.05, 0.1) is 10.6 Å². The highest BCUT2D eigenvalue weighted by atomic mass is 32.2. The minimum Gasteiger partial charge on any atom is -0.325 e. The van der Waals surface area contributed by atoms with E-state index in [4.69, 9.17) is 0 Å². The maximum Gasteiger partial charge on any atom is 0.294 e.